The van der Waals surface area contributed by atoms with Crippen LogP contribution in [0, 0.1) is 15.5 Å². The third-order valence-corrected chi connectivity index (χ3v) is 9.33. The molecule has 1 saturated carbocycles. The third-order valence-electron chi connectivity index (χ3n) is 7.22. The fourth-order valence-corrected chi connectivity index (χ4v) is 5.98. The van der Waals surface area contributed by atoms with Gasteiger partial charge < -0.3 is 9.64 Å². The second-order valence-electron chi connectivity index (χ2n) is 10.4. The largest absolute Gasteiger partial charge is 0.486 e. The summed E-state index contributed by atoms with van der Waals surface area (Å²) in [6.45, 7) is 3.23. The SMILES string of the molecule is CC1(COc2c(N3CCN(S(=O)(=O)NCc4ccc(Cl)c([N+](=O)[O-])c4)CC3)cnn(-c3cccc(Cl)c3)c2=O)CC1. The van der Waals surface area contributed by atoms with Crippen LogP contribution in [0.15, 0.2) is 53.5 Å². The molecular formula is C26H28Cl2N6O6S. The first kappa shape index (κ1) is 29.3. The second kappa shape index (κ2) is 11.6. The Labute approximate surface area is 246 Å². The van der Waals surface area contributed by atoms with E-state index in [0.717, 1.165) is 12.8 Å². The minimum absolute atomic E-state index is 0.0246. The highest BCUT2D eigenvalue weighted by Gasteiger charge is 2.39. The molecule has 1 saturated heterocycles. The lowest BCUT2D eigenvalue weighted by Crippen LogP contribution is -2.52. The number of piperazine rings is 1. The molecule has 2 heterocycles. The van der Waals surface area contributed by atoms with Crippen molar-refractivity contribution in [3.8, 4) is 11.4 Å². The Morgan fingerprint density at radius 3 is 2.51 bits per heavy atom. The Bertz CT molecular complexity index is 1640. The van der Waals surface area contributed by atoms with Gasteiger partial charge in [0.05, 0.1) is 23.4 Å². The lowest BCUT2D eigenvalue weighted by molar-refractivity contribution is -0.384. The zero-order valence-electron chi connectivity index (χ0n) is 22.1. The third kappa shape index (κ3) is 6.65. The lowest BCUT2D eigenvalue weighted by atomic mass is 10.2. The van der Waals surface area contributed by atoms with Gasteiger partial charge >= 0.3 is 5.56 Å². The van der Waals surface area contributed by atoms with E-state index in [1.54, 1.807) is 30.5 Å². The zero-order chi connectivity index (χ0) is 29.4. The second-order valence-corrected chi connectivity index (χ2v) is 13.0. The van der Waals surface area contributed by atoms with Crippen LogP contribution in [-0.2, 0) is 16.8 Å². The van der Waals surface area contributed by atoms with Crippen LogP contribution in [0.5, 0.6) is 5.75 Å². The zero-order valence-corrected chi connectivity index (χ0v) is 24.5. The van der Waals surface area contributed by atoms with Gasteiger partial charge in [0.1, 0.15) is 10.7 Å². The number of nitrogens with one attached hydrogen (secondary N) is 1. The molecule has 1 aliphatic carbocycles. The van der Waals surface area contributed by atoms with Gasteiger partial charge in [-0.2, -0.15) is 27.2 Å². The number of aromatic nitrogens is 2. The fourth-order valence-electron chi connectivity index (χ4n) is 4.43. The van der Waals surface area contributed by atoms with Crippen LogP contribution in [0.25, 0.3) is 5.69 Å². The highest BCUT2D eigenvalue weighted by molar-refractivity contribution is 7.87. The first-order valence-corrected chi connectivity index (χ1v) is 15.1. The lowest BCUT2D eigenvalue weighted by Gasteiger charge is -2.35. The Balaban J connectivity index is 1.30. The molecule has 2 aromatic carbocycles. The molecule has 0 unspecified atom stereocenters. The molecule has 1 aromatic heterocycles. The monoisotopic (exact) mass is 622 g/mol. The number of rotatable bonds is 10. The number of hydrogen-bond donors (Lipinski definition) is 1. The maximum atomic E-state index is 13.6. The van der Waals surface area contributed by atoms with Crippen molar-refractivity contribution in [3.63, 3.8) is 0 Å². The summed E-state index contributed by atoms with van der Waals surface area (Å²) in [4.78, 5) is 26.0. The smallest absolute Gasteiger partial charge is 0.316 e. The molecule has 3 aromatic rings. The molecule has 1 N–H and O–H groups in total. The number of ether oxygens (including phenoxy) is 1. The van der Waals surface area contributed by atoms with Crippen molar-refractivity contribution in [2.75, 3.05) is 37.7 Å². The van der Waals surface area contributed by atoms with E-state index in [-0.39, 0.29) is 41.5 Å². The summed E-state index contributed by atoms with van der Waals surface area (Å²) in [5.74, 6) is 0.159. The van der Waals surface area contributed by atoms with E-state index in [1.807, 2.05) is 4.90 Å². The van der Waals surface area contributed by atoms with Crippen molar-refractivity contribution in [1.29, 1.82) is 0 Å². The van der Waals surface area contributed by atoms with Crippen LogP contribution < -0.4 is 19.9 Å². The maximum Gasteiger partial charge on any atom is 0.316 e. The molecule has 0 radical (unpaired) electrons. The summed E-state index contributed by atoms with van der Waals surface area (Å²) in [6.07, 6.45) is 3.59. The molecule has 0 amide bonds. The van der Waals surface area contributed by atoms with Crippen LogP contribution in [0.2, 0.25) is 10.0 Å². The molecule has 2 aliphatic rings. The summed E-state index contributed by atoms with van der Waals surface area (Å²) in [5.41, 5.74) is 0.706. The highest BCUT2D eigenvalue weighted by Crippen LogP contribution is 2.45. The van der Waals surface area contributed by atoms with Gasteiger partial charge in [0, 0.05) is 49.2 Å². The van der Waals surface area contributed by atoms with Crippen LogP contribution >= 0.6 is 23.2 Å². The van der Waals surface area contributed by atoms with Gasteiger partial charge in [-0.3, -0.25) is 14.9 Å². The molecule has 218 valence electrons. The molecule has 0 bridgehead atoms. The molecule has 41 heavy (non-hydrogen) atoms. The summed E-state index contributed by atoms with van der Waals surface area (Å²) >= 11 is 12.0. The Morgan fingerprint density at radius 1 is 1.12 bits per heavy atom. The predicted octanol–water partition coefficient (Wildman–Crippen LogP) is 3.78. The van der Waals surface area contributed by atoms with Crippen molar-refractivity contribution in [2.45, 2.75) is 26.3 Å². The van der Waals surface area contributed by atoms with Crippen LogP contribution in [0.4, 0.5) is 11.4 Å². The van der Waals surface area contributed by atoms with Crippen molar-refractivity contribution in [1.82, 2.24) is 18.8 Å². The number of nitrogens with zero attached hydrogens (tertiary/aromatic N) is 5. The summed E-state index contributed by atoms with van der Waals surface area (Å²) in [6, 6.07) is 10.9. The number of hydrogen-bond acceptors (Lipinski definition) is 8. The predicted molar refractivity (Wildman–Crippen MR) is 155 cm³/mol. The number of nitro groups is 1. The van der Waals surface area contributed by atoms with Gasteiger partial charge in [0.2, 0.25) is 5.75 Å². The molecule has 2 fully saturated rings. The summed E-state index contributed by atoms with van der Waals surface area (Å²) < 4.78 is 37.1. The van der Waals surface area contributed by atoms with E-state index >= 15 is 0 Å². The minimum Gasteiger partial charge on any atom is -0.486 e. The number of anilines is 1. The Kier molecular flexibility index (Phi) is 8.26. The van der Waals surface area contributed by atoms with Gasteiger partial charge in [-0.1, -0.05) is 42.3 Å². The van der Waals surface area contributed by atoms with E-state index in [1.165, 1.54) is 27.2 Å². The van der Waals surface area contributed by atoms with E-state index in [4.69, 9.17) is 27.9 Å². The molecular weight excluding hydrogens is 595 g/mol. The highest BCUT2D eigenvalue weighted by atomic mass is 35.5. The molecule has 0 atom stereocenters. The average Bonchev–Trinajstić information content (AvgIpc) is 3.68. The number of nitro benzene ring substituents is 1. The van der Waals surface area contributed by atoms with Crippen LogP contribution in [0.3, 0.4) is 0 Å². The van der Waals surface area contributed by atoms with Crippen molar-refractivity contribution in [3.05, 3.63) is 84.7 Å². The van der Waals surface area contributed by atoms with E-state index in [0.29, 0.717) is 41.7 Å². The van der Waals surface area contributed by atoms with Crippen LogP contribution in [0.1, 0.15) is 25.3 Å². The molecule has 15 heteroatoms. The minimum atomic E-state index is -3.89. The normalized spacial score (nSPS) is 16.9. The molecule has 0 spiro atoms. The number of benzene rings is 2. The number of halogens is 2. The molecule has 1 aliphatic heterocycles. The van der Waals surface area contributed by atoms with Gasteiger partial charge in [0.15, 0.2) is 0 Å². The van der Waals surface area contributed by atoms with Crippen molar-refractivity contribution < 1.29 is 18.1 Å². The van der Waals surface area contributed by atoms with E-state index in [9.17, 15) is 23.3 Å². The quantitative estimate of drug-likeness (QED) is 0.266. The average molecular weight is 624 g/mol. The Hall–Kier alpha value is -3.23. The van der Waals surface area contributed by atoms with Crippen molar-refractivity contribution in [2.24, 2.45) is 5.41 Å². The fraction of sp³-hybridized carbons (Fsp3) is 0.385. The van der Waals surface area contributed by atoms with E-state index < -0.39 is 20.7 Å². The van der Waals surface area contributed by atoms with Gasteiger partial charge in [0.25, 0.3) is 15.9 Å². The Morgan fingerprint density at radius 2 is 1.85 bits per heavy atom. The van der Waals surface area contributed by atoms with Gasteiger partial charge in [-0.05, 0) is 42.7 Å². The standard InChI is InChI=1S/C26H28Cl2N6O6S/c1-26(7-8-26)17-40-24-23(16-29-33(25(24)35)20-4-2-3-19(27)14-20)31-9-11-32(12-10-31)41(38,39)30-15-18-5-6-21(28)22(13-18)34(36)37/h2-6,13-14,16,30H,7-12,15,17H2,1H3. The van der Waals surface area contributed by atoms with E-state index in [2.05, 4.69) is 16.7 Å². The maximum absolute atomic E-state index is 13.6. The van der Waals surface area contributed by atoms with Crippen LogP contribution in [-0.4, -0.2) is 60.2 Å². The van der Waals surface area contributed by atoms with Crippen molar-refractivity contribution >= 4 is 44.8 Å². The topological polar surface area (TPSA) is 140 Å². The first-order chi connectivity index (χ1) is 19.5. The summed E-state index contributed by atoms with van der Waals surface area (Å²) in [7, 11) is -3.89. The molecule has 5 rings (SSSR count). The van der Waals surface area contributed by atoms with Gasteiger partial charge in [-0.15, -0.1) is 0 Å². The molecule has 12 nitrogen and oxygen atoms in total. The first-order valence-electron chi connectivity index (χ1n) is 12.9. The summed E-state index contributed by atoms with van der Waals surface area (Å²) in [5, 5.41) is 15.9. The van der Waals surface area contributed by atoms with Gasteiger partial charge in [-0.25, -0.2) is 0 Å².